The van der Waals surface area contributed by atoms with Crippen molar-refractivity contribution in [1.29, 1.82) is 0 Å². The molecule has 0 amide bonds. The zero-order chi connectivity index (χ0) is 25.9. The zero-order valence-corrected chi connectivity index (χ0v) is 22.0. The first-order valence-electron chi connectivity index (χ1n) is 12.3. The normalized spacial score (nSPS) is 12.2. The third kappa shape index (κ3) is 6.89. The van der Waals surface area contributed by atoms with Crippen LogP contribution in [0, 0.1) is 0 Å². The van der Waals surface area contributed by atoms with E-state index < -0.39 is 5.60 Å². The minimum atomic E-state index is -0.885. The fourth-order valence-corrected chi connectivity index (χ4v) is 5.14. The van der Waals surface area contributed by atoms with Crippen LogP contribution in [0.25, 0.3) is 0 Å². The monoisotopic (exact) mass is 512 g/mol. The Morgan fingerprint density at radius 1 is 0.730 bits per heavy atom. The molecule has 0 unspecified atom stereocenters. The molecule has 0 fully saturated rings. The second-order valence-corrected chi connectivity index (χ2v) is 10.2. The van der Waals surface area contributed by atoms with Gasteiger partial charge in [0.05, 0.1) is 32.2 Å². The standard InChI is InChI=1S/C32H32O4S/c1-25(33)37-31(23-35-22-26-12-6-3-7-13-26)24-36-32(27-14-8-4-9-15-27,28-16-10-5-11-17-28)29-18-20-30(34-2)21-19-29/h3-21,31H,22-24H2,1-2H3/t31-/m1/s1. The van der Waals surface area contributed by atoms with Crippen LogP contribution < -0.4 is 4.74 Å². The van der Waals surface area contributed by atoms with Gasteiger partial charge in [0.1, 0.15) is 11.4 Å². The van der Waals surface area contributed by atoms with Crippen LogP contribution in [-0.2, 0) is 26.5 Å². The SMILES string of the molecule is COc1ccc(C(OC[C@@H](COCc2ccccc2)SC(C)=O)(c2ccccc2)c2ccccc2)cc1. The van der Waals surface area contributed by atoms with E-state index in [1.807, 2.05) is 91.0 Å². The molecule has 0 saturated heterocycles. The maximum absolute atomic E-state index is 12.1. The fourth-order valence-electron chi connectivity index (χ4n) is 4.37. The van der Waals surface area contributed by atoms with E-state index in [2.05, 4.69) is 24.3 Å². The number of methoxy groups -OCH3 is 1. The lowest BCUT2D eigenvalue weighted by Gasteiger charge is -2.37. The second kappa shape index (κ2) is 13.2. The molecule has 0 radical (unpaired) electrons. The van der Waals surface area contributed by atoms with Gasteiger partial charge in [-0.05, 0) is 34.4 Å². The van der Waals surface area contributed by atoms with Crippen LogP contribution in [-0.4, -0.2) is 30.7 Å². The first-order valence-corrected chi connectivity index (χ1v) is 13.2. The zero-order valence-electron chi connectivity index (χ0n) is 21.2. The van der Waals surface area contributed by atoms with Crippen molar-refractivity contribution >= 4 is 16.9 Å². The highest BCUT2D eigenvalue weighted by atomic mass is 32.2. The van der Waals surface area contributed by atoms with Crippen LogP contribution in [0.3, 0.4) is 0 Å². The van der Waals surface area contributed by atoms with Crippen molar-refractivity contribution in [2.24, 2.45) is 0 Å². The van der Waals surface area contributed by atoms with E-state index in [1.165, 1.54) is 11.8 Å². The molecule has 0 saturated carbocycles. The van der Waals surface area contributed by atoms with Gasteiger partial charge < -0.3 is 14.2 Å². The van der Waals surface area contributed by atoms with Crippen LogP contribution >= 0.6 is 11.8 Å². The number of hydrogen-bond donors (Lipinski definition) is 0. The molecule has 0 heterocycles. The maximum Gasteiger partial charge on any atom is 0.186 e. The fraction of sp³-hybridized carbons (Fsp3) is 0.219. The molecule has 0 aliphatic heterocycles. The van der Waals surface area contributed by atoms with E-state index in [1.54, 1.807) is 14.0 Å². The summed E-state index contributed by atoms with van der Waals surface area (Å²) in [6.45, 7) is 2.77. The van der Waals surface area contributed by atoms with Gasteiger partial charge in [0.25, 0.3) is 0 Å². The molecule has 0 aliphatic rings. The van der Waals surface area contributed by atoms with Crippen molar-refractivity contribution in [3.8, 4) is 5.75 Å². The van der Waals surface area contributed by atoms with Gasteiger partial charge in [0.2, 0.25) is 0 Å². The van der Waals surface area contributed by atoms with Crippen LogP contribution in [0.2, 0.25) is 0 Å². The van der Waals surface area contributed by atoms with Crippen molar-refractivity contribution in [2.45, 2.75) is 24.4 Å². The van der Waals surface area contributed by atoms with E-state index in [4.69, 9.17) is 14.2 Å². The van der Waals surface area contributed by atoms with Crippen LogP contribution in [0.15, 0.2) is 115 Å². The highest BCUT2D eigenvalue weighted by Gasteiger charge is 2.38. The van der Waals surface area contributed by atoms with Gasteiger partial charge in [-0.2, -0.15) is 0 Å². The number of benzene rings is 4. The Labute approximate surface area is 223 Å². The summed E-state index contributed by atoms with van der Waals surface area (Å²) in [6.07, 6.45) is 0. The largest absolute Gasteiger partial charge is 0.497 e. The Kier molecular flexibility index (Phi) is 9.55. The lowest BCUT2D eigenvalue weighted by molar-refractivity contribution is -0.109. The molecular formula is C32H32O4S. The molecule has 1 atom stereocenters. The predicted molar refractivity (Wildman–Crippen MR) is 150 cm³/mol. The highest BCUT2D eigenvalue weighted by molar-refractivity contribution is 8.14. The van der Waals surface area contributed by atoms with Gasteiger partial charge in [-0.1, -0.05) is 115 Å². The summed E-state index contributed by atoms with van der Waals surface area (Å²) in [7, 11) is 1.66. The van der Waals surface area contributed by atoms with E-state index >= 15 is 0 Å². The molecular weight excluding hydrogens is 480 g/mol. The average molecular weight is 513 g/mol. The van der Waals surface area contributed by atoms with E-state index in [9.17, 15) is 4.79 Å². The molecule has 0 aliphatic carbocycles. The topological polar surface area (TPSA) is 44.8 Å². The summed E-state index contributed by atoms with van der Waals surface area (Å²) in [5, 5.41) is -0.141. The molecule has 0 N–H and O–H groups in total. The number of carbonyl (C=O) groups excluding carboxylic acids is 1. The average Bonchev–Trinajstić information content (AvgIpc) is 2.95. The molecule has 0 spiro atoms. The number of ether oxygens (including phenoxy) is 3. The van der Waals surface area contributed by atoms with Gasteiger partial charge in [-0.25, -0.2) is 0 Å². The third-order valence-electron chi connectivity index (χ3n) is 6.09. The van der Waals surface area contributed by atoms with Crippen LogP contribution in [0.1, 0.15) is 29.2 Å². The van der Waals surface area contributed by atoms with Crippen LogP contribution in [0.5, 0.6) is 5.75 Å². The molecule has 190 valence electrons. The summed E-state index contributed by atoms with van der Waals surface area (Å²) >= 11 is 1.26. The molecule has 5 heteroatoms. The van der Waals surface area contributed by atoms with E-state index in [0.717, 1.165) is 28.0 Å². The first kappa shape index (κ1) is 26.7. The van der Waals surface area contributed by atoms with Crippen molar-refractivity contribution in [2.75, 3.05) is 20.3 Å². The summed E-state index contributed by atoms with van der Waals surface area (Å²) in [6, 6.07) is 38.4. The number of carbonyl (C=O) groups is 1. The minimum absolute atomic E-state index is 0.0337. The van der Waals surface area contributed by atoms with Crippen molar-refractivity contribution in [1.82, 2.24) is 0 Å². The molecule has 0 aromatic heterocycles. The summed E-state index contributed by atoms with van der Waals surface area (Å²) < 4.78 is 18.4. The quantitative estimate of drug-likeness (QED) is 0.194. The van der Waals surface area contributed by atoms with Crippen molar-refractivity contribution < 1.29 is 19.0 Å². The molecule has 0 bridgehead atoms. The Morgan fingerprint density at radius 3 is 1.76 bits per heavy atom. The van der Waals surface area contributed by atoms with E-state index in [-0.39, 0.29) is 10.4 Å². The summed E-state index contributed by atoms with van der Waals surface area (Å²) in [5.74, 6) is 0.776. The van der Waals surface area contributed by atoms with Gasteiger partial charge in [-0.15, -0.1) is 0 Å². The highest BCUT2D eigenvalue weighted by Crippen LogP contribution is 2.41. The number of thioether (sulfide) groups is 1. The van der Waals surface area contributed by atoms with Crippen molar-refractivity contribution in [3.05, 3.63) is 138 Å². The molecule has 4 rings (SSSR count). The maximum atomic E-state index is 12.1. The number of hydrogen-bond acceptors (Lipinski definition) is 5. The smallest absolute Gasteiger partial charge is 0.186 e. The van der Waals surface area contributed by atoms with Gasteiger partial charge in [0.15, 0.2) is 5.12 Å². The summed E-state index contributed by atoms with van der Waals surface area (Å²) in [4.78, 5) is 12.1. The van der Waals surface area contributed by atoms with Crippen LogP contribution in [0.4, 0.5) is 0 Å². The first-order chi connectivity index (χ1) is 18.1. The lowest BCUT2D eigenvalue weighted by Crippen LogP contribution is -2.36. The number of rotatable bonds is 12. The Bertz CT molecular complexity index is 1190. The van der Waals surface area contributed by atoms with Crippen molar-refractivity contribution in [3.63, 3.8) is 0 Å². The van der Waals surface area contributed by atoms with Gasteiger partial charge in [-0.3, -0.25) is 4.79 Å². The minimum Gasteiger partial charge on any atom is -0.497 e. The second-order valence-electron chi connectivity index (χ2n) is 8.68. The summed E-state index contributed by atoms with van der Waals surface area (Å²) in [5.41, 5.74) is 3.19. The Balaban J connectivity index is 1.67. The van der Waals surface area contributed by atoms with Gasteiger partial charge in [0, 0.05) is 6.92 Å². The Morgan fingerprint density at radius 2 is 1.24 bits per heavy atom. The lowest BCUT2D eigenvalue weighted by atomic mass is 9.80. The van der Waals surface area contributed by atoms with E-state index in [0.29, 0.717) is 19.8 Å². The molecule has 37 heavy (non-hydrogen) atoms. The molecule has 4 nitrogen and oxygen atoms in total. The third-order valence-corrected chi connectivity index (χ3v) is 7.03. The predicted octanol–water partition coefficient (Wildman–Crippen LogP) is 6.87. The Hall–Kier alpha value is -3.38. The molecule has 4 aromatic carbocycles. The molecule has 4 aromatic rings. The van der Waals surface area contributed by atoms with Gasteiger partial charge >= 0.3 is 0 Å².